The van der Waals surface area contributed by atoms with Crippen LogP contribution in [0.2, 0.25) is 0 Å². The molecule has 0 aliphatic rings. The van der Waals surface area contributed by atoms with Gasteiger partial charge in [0.15, 0.2) is 5.75 Å². The molecule has 0 aliphatic heterocycles. The average molecular weight is 282 g/mol. The SMILES string of the molecule is CCOC(=O)CCN(C)c1cccc(OC)c1[N+](=O)[O-]. The van der Waals surface area contributed by atoms with Crippen molar-refractivity contribution >= 4 is 17.3 Å². The fourth-order valence-electron chi connectivity index (χ4n) is 1.78. The molecule has 20 heavy (non-hydrogen) atoms. The Morgan fingerprint density at radius 2 is 2.15 bits per heavy atom. The molecule has 1 aromatic carbocycles. The van der Waals surface area contributed by atoms with Crippen LogP contribution in [0, 0.1) is 10.1 Å². The van der Waals surface area contributed by atoms with Crippen LogP contribution in [0.25, 0.3) is 0 Å². The number of nitro groups is 1. The molecule has 0 aromatic heterocycles. The van der Waals surface area contributed by atoms with E-state index in [1.54, 1.807) is 31.0 Å². The van der Waals surface area contributed by atoms with Gasteiger partial charge in [0.1, 0.15) is 5.69 Å². The number of benzene rings is 1. The van der Waals surface area contributed by atoms with Crippen molar-refractivity contribution in [1.29, 1.82) is 0 Å². The molecule has 0 aliphatic carbocycles. The summed E-state index contributed by atoms with van der Waals surface area (Å²) in [5.41, 5.74) is 0.292. The van der Waals surface area contributed by atoms with Gasteiger partial charge in [0.05, 0.1) is 25.1 Å². The molecule has 1 rings (SSSR count). The van der Waals surface area contributed by atoms with Gasteiger partial charge in [-0.1, -0.05) is 6.07 Å². The van der Waals surface area contributed by atoms with Crippen LogP contribution in [0.4, 0.5) is 11.4 Å². The molecule has 1 aromatic rings. The lowest BCUT2D eigenvalue weighted by molar-refractivity contribution is -0.385. The average Bonchev–Trinajstić information content (AvgIpc) is 2.43. The Labute approximate surface area is 117 Å². The smallest absolute Gasteiger partial charge is 0.333 e. The van der Waals surface area contributed by atoms with Crippen molar-refractivity contribution in [2.45, 2.75) is 13.3 Å². The van der Waals surface area contributed by atoms with Crippen molar-refractivity contribution in [3.05, 3.63) is 28.3 Å². The molecular formula is C13H18N2O5. The Morgan fingerprint density at radius 3 is 2.70 bits per heavy atom. The van der Waals surface area contributed by atoms with Crippen LogP contribution in [0.1, 0.15) is 13.3 Å². The van der Waals surface area contributed by atoms with Crippen molar-refractivity contribution in [2.75, 3.05) is 32.2 Å². The molecule has 0 amide bonds. The summed E-state index contributed by atoms with van der Waals surface area (Å²) in [5, 5.41) is 11.2. The van der Waals surface area contributed by atoms with Crippen molar-refractivity contribution in [3.8, 4) is 5.75 Å². The molecule has 0 radical (unpaired) electrons. The molecule has 0 heterocycles. The largest absolute Gasteiger partial charge is 0.490 e. The Balaban J connectivity index is 2.89. The highest BCUT2D eigenvalue weighted by molar-refractivity contribution is 5.72. The minimum atomic E-state index is -0.491. The number of hydrogen-bond donors (Lipinski definition) is 0. The Morgan fingerprint density at radius 1 is 1.45 bits per heavy atom. The zero-order valence-corrected chi connectivity index (χ0v) is 11.8. The number of nitrogens with zero attached hydrogens (tertiary/aromatic N) is 2. The summed E-state index contributed by atoms with van der Waals surface area (Å²) in [5.74, 6) is -0.139. The Kier molecular flexibility index (Phi) is 5.76. The number of rotatable bonds is 7. The van der Waals surface area contributed by atoms with Crippen LogP contribution in [-0.4, -0.2) is 38.2 Å². The minimum Gasteiger partial charge on any atom is -0.490 e. The maximum absolute atomic E-state index is 11.3. The van der Waals surface area contributed by atoms with Gasteiger partial charge < -0.3 is 14.4 Å². The highest BCUT2D eigenvalue weighted by atomic mass is 16.6. The number of carbonyl (C=O) groups excluding carboxylic acids is 1. The normalized spacial score (nSPS) is 9.95. The van der Waals surface area contributed by atoms with Gasteiger partial charge in [-0.15, -0.1) is 0 Å². The molecule has 0 fully saturated rings. The summed E-state index contributed by atoms with van der Waals surface area (Å²) in [4.78, 5) is 23.6. The lowest BCUT2D eigenvalue weighted by Gasteiger charge is -2.19. The van der Waals surface area contributed by atoms with E-state index in [2.05, 4.69) is 0 Å². The van der Waals surface area contributed by atoms with Crippen molar-refractivity contribution in [3.63, 3.8) is 0 Å². The predicted octanol–water partition coefficient (Wildman–Crippen LogP) is 1.99. The lowest BCUT2D eigenvalue weighted by Crippen LogP contribution is -2.23. The van der Waals surface area contributed by atoms with Crippen molar-refractivity contribution in [2.24, 2.45) is 0 Å². The van der Waals surface area contributed by atoms with E-state index in [1.165, 1.54) is 13.2 Å². The summed E-state index contributed by atoms with van der Waals surface area (Å²) >= 11 is 0. The highest BCUT2D eigenvalue weighted by Crippen LogP contribution is 2.36. The second-order valence-corrected chi connectivity index (χ2v) is 4.06. The van der Waals surface area contributed by atoms with Gasteiger partial charge >= 0.3 is 11.7 Å². The van der Waals surface area contributed by atoms with E-state index in [9.17, 15) is 14.9 Å². The van der Waals surface area contributed by atoms with Crippen molar-refractivity contribution in [1.82, 2.24) is 0 Å². The Bertz CT molecular complexity index is 490. The van der Waals surface area contributed by atoms with E-state index in [-0.39, 0.29) is 23.8 Å². The minimum absolute atomic E-state index is 0.110. The zero-order valence-electron chi connectivity index (χ0n) is 11.8. The molecule has 0 bridgehead atoms. The number of hydrogen-bond acceptors (Lipinski definition) is 6. The first-order valence-corrected chi connectivity index (χ1v) is 6.19. The molecule has 0 saturated heterocycles. The number of ether oxygens (including phenoxy) is 2. The second-order valence-electron chi connectivity index (χ2n) is 4.06. The quantitative estimate of drug-likeness (QED) is 0.432. The summed E-state index contributed by atoms with van der Waals surface area (Å²) < 4.78 is 9.83. The predicted molar refractivity (Wildman–Crippen MR) is 74.2 cm³/mol. The monoisotopic (exact) mass is 282 g/mol. The molecule has 0 saturated carbocycles. The third-order valence-electron chi connectivity index (χ3n) is 2.75. The van der Waals surface area contributed by atoms with Crippen LogP contribution in [0.3, 0.4) is 0 Å². The van der Waals surface area contributed by atoms with Crippen molar-refractivity contribution < 1.29 is 19.2 Å². The number of esters is 1. The fraction of sp³-hybridized carbons (Fsp3) is 0.462. The van der Waals surface area contributed by atoms with E-state index < -0.39 is 4.92 Å². The molecule has 0 atom stereocenters. The number of carbonyl (C=O) groups is 1. The van der Waals surface area contributed by atoms with E-state index in [4.69, 9.17) is 9.47 Å². The van der Waals surface area contributed by atoms with Crippen LogP contribution in [-0.2, 0) is 9.53 Å². The van der Waals surface area contributed by atoms with Crippen LogP contribution in [0.15, 0.2) is 18.2 Å². The second kappa shape index (κ2) is 7.32. The topological polar surface area (TPSA) is 81.9 Å². The number of methoxy groups -OCH3 is 1. The van der Waals surface area contributed by atoms with Crippen LogP contribution < -0.4 is 9.64 Å². The zero-order chi connectivity index (χ0) is 15.1. The summed E-state index contributed by atoms with van der Waals surface area (Å²) in [6.45, 7) is 2.38. The molecule has 110 valence electrons. The number of nitro benzene ring substituents is 1. The lowest BCUT2D eigenvalue weighted by atomic mass is 10.2. The van der Waals surface area contributed by atoms with Gasteiger partial charge in [-0.05, 0) is 19.1 Å². The summed E-state index contributed by atoms with van der Waals surface area (Å²) in [7, 11) is 3.06. The number of anilines is 1. The molecule has 0 N–H and O–H groups in total. The third kappa shape index (κ3) is 3.84. The first-order chi connectivity index (χ1) is 9.51. The highest BCUT2D eigenvalue weighted by Gasteiger charge is 2.23. The van der Waals surface area contributed by atoms with Crippen LogP contribution in [0.5, 0.6) is 5.75 Å². The van der Waals surface area contributed by atoms with E-state index in [1.807, 2.05) is 0 Å². The van der Waals surface area contributed by atoms with Gasteiger partial charge in [0.2, 0.25) is 0 Å². The van der Waals surface area contributed by atoms with Gasteiger partial charge in [-0.25, -0.2) is 0 Å². The van der Waals surface area contributed by atoms with E-state index >= 15 is 0 Å². The van der Waals surface area contributed by atoms with E-state index in [0.29, 0.717) is 18.8 Å². The summed E-state index contributed by atoms with van der Waals surface area (Å²) in [6.07, 6.45) is 0.165. The first kappa shape index (κ1) is 15.7. The molecule has 7 heteroatoms. The maximum atomic E-state index is 11.3. The fourth-order valence-corrected chi connectivity index (χ4v) is 1.78. The third-order valence-corrected chi connectivity index (χ3v) is 2.75. The molecular weight excluding hydrogens is 264 g/mol. The van der Waals surface area contributed by atoms with Gasteiger partial charge in [0.25, 0.3) is 0 Å². The molecule has 7 nitrogen and oxygen atoms in total. The molecule has 0 spiro atoms. The van der Waals surface area contributed by atoms with Gasteiger partial charge in [-0.2, -0.15) is 0 Å². The number of para-hydroxylation sites is 1. The van der Waals surface area contributed by atoms with E-state index in [0.717, 1.165) is 0 Å². The standard InChI is InChI=1S/C13H18N2O5/c1-4-20-12(16)8-9-14(2)10-6-5-7-11(19-3)13(10)15(17)18/h5-7H,4,8-9H2,1-3H3. The summed E-state index contributed by atoms with van der Waals surface area (Å²) in [6, 6.07) is 4.81. The van der Waals surface area contributed by atoms with Crippen LogP contribution >= 0.6 is 0 Å². The first-order valence-electron chi connectivity index (χ1n) is 6.19. The molecule has 0 unspecified atom stereocenters. The van der Waals surface area contributed by atoms with Gasteiger partial charge in [0, 0.05) is 13.6 Å². The Hall–Kier alpha value is -2.31. The van der Waals surface area contributed by atoms with Gasteiger partial charge in [-0.3, -0.25) is 14.9 Å². The maximum Gasteiger partial charge on any atom is 0.333 e.